The molecule has 0 atom stereocenters. The van der Waals surface area contributed by atoms with Gasteiger partial charge in [-0.2, -0.15) is 0 Å². The lowest BCUT2D eigenvalue weighted by Gasteiger charge is -2.26. The van der Waals surface area contributed by atoms with Gasteiger partial charge < -0.3 is 4.74 Å². The van der Waals surface area contributed by atoms with Gasteiger partial charge in [0.2, 0.25) is 0 Å². The maximum absolute atomic E-state index is 5.37. The van der Waals surface area contributed by atoms with Crippen molar-refractivity contribution in [3.63, 3.8) is 0 Å². The Hall–Kier alpha value is -1.64. The standard InChI is InChI=1S/C18H20NO/c1-2-4-17(5-3-1)18-8-6-16(7-9-18)10-11-19-12-14-20-15-13-19/h1-2,4-9H,10-15H2. The van der Waals surface area contributed by atoms with Crippen LogP contribution in [0.4, 0.5) is 0 Å². The molecule has 1 saturated heterocycles. The first-order valence-corrected chi connectivity index (χ1v) is 7.27. The number of morpholine rings is 1. The third kappa shape index (κ3) is 3.47. The first-order valence-electron chi connectivity index (χ1n) is 7.27. The van der Waals surface area contributed by atoms with Crippen LogP contribution in [0.3, 0.4) is 0 Å². The first-order chi connectivity index (χ1) is 9.92. The highest BCUT2D eigenvalue weighted by molar-refractivity contribution is 5.63. The van der Waals surface area contributed by atoms with Crippen molar-refractivity contribution in [2.75, 3.05) is 32.8 Å². The van der Waals surface area contributed by atoms with Gasteiger partial charge in [0.05, 0.1) is 13.2 Å². The van der Waals surface area contributed by atoms with E-state index in [1.807, 2.05) is 18.2 Å². The minimum Gasteiger partial charge on any atom is -0.379 e. The van der Waals surface area contributed by atoms with Crippen LogP contribution in [0.25, 0.3) is 11.1 Å². The molecule has 2 aromatic rings. The smallest absolute Gasteiger partial charge is 0.0594 e. The lowest BCUT2D eigenvalue weighted by Crippen LogP contribution is -2.37. The molecule has 0 unspecified atom stereocenters. The lowest BCUT2D eigenvalue weighted by atomic mass is 10.0. The van der Waals surface area contributed by atoms with Crippen molar-refractivity contribution < 1.29 is 4.74 Å². The van der Waals surface area contributed by atoms with E-state index in [4.69, 9.17) is 4.74 Å². The molecule has 0 spiro atoms. The van der Waals surface area contributed by atoms with E-state index in [0.717, 1.165) is 39.3 Å². The molecule has 2 heteroatoms. The van der Waals surface area contributed by atoms with E-state index in [2.05, 4.69) is 41.3 Å². The van der Waals surface area contributed by atoms with Crippen molar-refractivity contribution in [1.82, 2.24) is 4.90 Å². The molecule has 0 amide bonds. The minimum absolute atomic E-state index is 0.878. The van der Waals surface area contributed by atoms with E-state index in [1.54, 1.807) is 0 Å². The van der Waals surface area contributed by atoms with Crippen molar-refractivity contribution in [3.8, 4) is 11.1 Å². The molecule has 103 valence electrons. The quantitative estimate of drug-likeness (QED) is 0.843. The Kier molecular flexibility index (Phi) is 4.46. The summed E-state index contributed by atoms with van der Waals surface area (Å²) in [4.78, 5) is 2.48. The summed E-state index contributed by atoms with van der Waals surface area (Å²) in [5, 5.41) is 0. The Balaban J connectivity index is 1.58. The number of ether oxygens (including phenoxy) is 1. The van der Waals surface area contributed by atoms with Gasteiger partial charge in [-0.1, -0.05) is 42.5 Å². The summed E-state index contributed by atoms with van der Waals surface area (Å²) in [7, 11) is 0. The number of hydrogen-bond donors (Lipinski definition) is 0. The molecule has 0 N–H and O–H groups in total. The van der Waals surface area contributed by atoms with Crippen LogP contribution in [-0.4, -0.2) is 37.7 Å². The molecule has 0 aromatic heterocycles. The van der Waals surface area contributed by atoms with E-state index in [-0.39, 0.29) is 0 Å². The second-order valence-electron chi connectivity index (χ2n) is 5.19. The van der Waals surface area contributed by atoms with Crippen LogP contribution in [0.15, 0.2) is 48.5 Å². The van der Waals surface area contributed by atoms with Crippen LogP contribution >= 0.6 is 0 Å². The molecule has 1 heterocycles. The van der Waals surface area contributed by atoms with Crippen molar-refractivity contribution in [2.24, 2.45) is 0 Å². The summed E-state index contributed by atoms with van der Waals surface area (Å²) in [5.74, 6) is 0. The van der Waals surface area contributed by atoms with Gasteiger partial charge in [0, 0.05) is 19.6 Å². The molecule has 2 nitrogen and oxygen atoms in total. The maximum atomic E-state index is 5.37. The highest BCUT2D eigenvalue weighted by atomic mass is 16.5. The average molecular weight is 266 g/mol. The Bertz CT molecular complexity index is 515. The number of hydrogen-bond acceptors (Lipinski definition) is 2. The van der Waals surface area contributed by atoms with Gasteiger partial charge in [-0.3, -0.25) is 4.90 Å². The van der Waals surface area contributed by atoms with Gasteiger partial charge in [-0.05, 0) is 35.2 Å². The van der Waals surface area contributed by atoms with Gasteiger partial charge in [0.15, 0.2) is 0 Å². The molecule has 1 fully saturated rings. The predicted molar refractivity (Wildman–Crippen MR) is 81.7 cm³/mol. The second-order valence-corrected chi connectivity index (χ2v) is 5.19. The largest absolute Gasteiger partial charge is 0.379 e. The monoisotopic (exact) mass is 266 g/mol. The SMILES string of the molecule is [c]1cccc(-c2ccc(CCN3CCOCC3)cc2)c1. The van der Waals surface area contributed by atoms with E-state index in [0.29, 0.717) is 0 Å². The highest BCUT2D eigenvalue weighted by Crippen LogP contribution is 2.19. The van der Waals surface area contributed by atoms with Crippen molar-refractivity contribution in [2.45, 2.75) is 6.42 Å². The first kappa shape index (κ1) is 13.3. The van der Waals surface area contributed by atoms with E-state index in [1.165, 1.54) is 16.7 Å². The number of rotatable bonds is 4. The number of benzene rings is 2. The summed E-state index contributed by atoms with van der Waals surface area (Å²) < 4.78 is 5.37. The zero-order valence-electron chi connectivity index (χ0n) is 11.7. The zero-order valence-corrected chi connectivity index (χ0v) is 11.7. The van der Waals surface area contributed by atoms with Gasteiger partial charge in [-0.25, -0.2) is 0 Å². The van der Waals surface area contributed by atoms with Crippen LogP contribution < -0.4 is 0 Å². The third-order valence-electron chi connectivity index (χ3n) is 3.81. The maximum Gasteiger partial charge on any atom is 0.0594 e. The lowest BCUT2D eigenvalue weighted by molar-refractivity contribution is 0.0384. The van der Waals surface area contributed by atoms with E-state index in [9.17, 15) is 0 Å². The summed E-state index contributed by atoms with van der Waals surface area (Å²) in [5.41, 5.74) is 3.89. The average Bonchev–Trinajstić information content (AvgIpc) is 2.55. The Labute approximate surface area is 121 Å². The molecule has 1 aliphatic heterocycles. The molecule has 0 aliphatic carbocycles. The van der Waals surface area contributed by atoms with Crippen molar-refractivity contribution in [1.29, 1.82) is 0 Å². The Morgan fingerprint density at radius 2 is 1.80 bits per heavy atom. The second kappa shape index (κ2) is 6.69. The number of nitrogens with zero attached hydrogens (tertiary/aromatic N) is 1. The summed E-state index contributed by atoms with van der Waals surface area (Å²) in [6.45, 7) is 5.02. The molecular formula is C18H20NO. The van der Waals surface area contributed by atoms with Crippen LogP contribution in [0.1, 0.15) is 5.56 Å². The summed E-state index contributed by atoms with van der Waals surface area (Å²) in [6.07, 6.45) is 1.11. The fraction of sp³-hybridized carbons (Fsp3) is 0.333. The van der Waals surface area contributed by atoms with E-state index >= 15 is 0 Å². The zero-order chi connectivity index (χ0) is 13.6. The fourth-order valence-corrected chi connectivity index (χ4v) is 2.55. The van der Waals surface area contributed by atoms with Gasteiger partial charge in [0.25, 0.3) is 0 Å². The van der Waals surface area contributed by atoms with Gasteiger partial charge in [0.1, 0.15) is 0 Å². The van der Waals surface area contributed by atoms with Crippen LogP contribution in [0.2, 0.25) is 0 Å². The summed E-state index contributed by atoms with van der Waals surface area (Å²) >= 11 is 0. The highest BCUT2D eigenvalue weighted by Gasteiger charge is 2.09. The van der Waals surface area contributed by atoms with Crippen LogP contribution in [0.5, 0.6) is 0 Å². The Morgan fingerprint density at radius 3 is 2.50 bits per heavy atom. The molecule has 1 aliphatic rings. The topological polar surface area (TPSA) is 12.5 Å². The Morgan fingerprint density at radius 1 is 1.00 bits per heavy atom. The molecular weight excluding hydrogens is 246 g/mol. The van der Waals surface area contributed by atoms with Crippen LogP contribution in [0, 0.1) is 6.07 Å². The molecule has 3 rings (SSSR count). The van der Waals surface area contributed by atoms with Crippen LogP contribution in [-0.2, 0) is 11.2 Å². The summed E-state index contributed by atoms with van der Waals surface area (Å²) in [6, 6.07) is 20.1. The normalized spacial score (nSPS) is 16.2. The van der Waals surface area contributed by atoms with E-state index < -0.39 is 0 Å². The minimum atomic E-state index is 0.878. The van der Waals surface area contributed by atoms with Gasteiger partial charge in [-0.15, -0.1) is 0 Å². The molecule has 0 saturated carbocycles. The predicted octanol–water partition coefficient (Wildman–Crippen LogP) is 3.03. The fourth-order valence-electron chi connectivity index (χ4n) is 2.55. The molecule has 20 heavy (non-hydrogen) atoms. The van der Waals surface area contributed by atoms with Crippen molar-refractivity contribution >= 4 is 0 Å². The third-order valence-corrected chi connectivity index (χ3v) is 3.81. The molecule has 1 radical (unpaired) electrons. The van der Waals surface area contributed by atoms with Crippen molar-refractivity contribution in [3.05, 3.63) is 60.2 Å². The molecule has 2 aromatic carbocycles. The van der Waals surface area contributed by atoms with Gasteiger partial charge >= 0.3 is 0 Å². The molecule has 0 bridgehead atoms.